The average molecular weight is 337 g/mol. The Kier molecular flexibility index (Phi) is 5.73. The highest BCUT2D eigenvalue weighted by Gasteiger charge is 2.30. The van der Waals surface area contributed by atoms with E-state index in [2.05, 4.69) is 5.32 Å². The van der Waals surface area contributed by atoms with E-state index in [1.165, 1.54) is 0 Å². The van der Waals surface area contributed by atoms with Crippen LogP contribution in [0.4, 0.5) is 0 Å². The maximum Gasteiger partial charge on any atom is 0.251 e. The fourth-order valence-corrected chi connectivity index (χ4v) is 2.38. The second-order valence-corrected chi connectivity index (χ2v) is 8.75. The quantitative estimate of drug-likeness (QED) is 0.679. The normalized spacial score (nSPS) is 13.0. The molecule has 0 spiro atoms. The molecule has 1 aromatic carbocycles. The third kappa shape index (κ3) is 4.48. The number of hydrogen-bond donors (Lipinski definition) is 4. The van der Waals surface area contributed by atoms with Gasteiger partial charge < -0.3 is 20.6 Å². The molecule has 0 saturated heterocycles. The molecule has 0 aromatic heterocycles. The summed E-state index contributed by atoms with van der Waals surface area (Å²) in [6.45, 7) is 12.7. The number of nitrogens with one attached hydrogen (secondary N) is 1. The van der Waals surface area contributed by atoms with Gasteiger partial charge >= 0.3 is 0 Å². The monoisotopic (exact) mass is 337 g/mol. The topological polar surface area (TPSA) is 89.8 Å². The zero-order valence-electron chi connectivity index (χ0n) is 15.8. The van der Waals surface area contributed by atoms with Crippen molar-refractivity contribution >= 4 is 5.91 Å². The lowest BCUT2D eigenvalue weighted by Gasteiger charge is -2.29. The van der Waals surface area contributed by atoms with Crippen LogP contribution in [0.15, 0.2) is 12.1 Å². The molecule has 0 saturated carbocycles. The Labute approximate surface area is 144 Å². The second kappa shape index (κ2) is 6.73. The van der Waals surface area contributed by atoms with Crippen LogP contribution in [0.1, 0.15) is 70.0 Å². The largest absolute Gasteiger partial charge is 0.507 e. The summed E-state index contributed by atoms with van der Waals surface area (Å²) in [6.07, 6.45) is 0. The fourth-order valence-electron chi connectivity index (χ4n) is 2.38. The molecule has 1 aromatic rings. The van der Waals surface area contributed by atoms with Crippen molar-refractivity contribution in [2.75, 3.05) is 13.2 Å². The number of aliphatic hydroxyl groups is 2. The number of amides is 1. The van der Waals surface area contributed by atoms with Crippen molar-refractivity contribution in [2.45, 2.75) is 64.8 Å². The van der Waals surface area contributed by atoms with Crippen LogP contribution in [-0.4, -0.2) is 40.0 Å². The standard InChI is InChI=1S/C19H31NO4/c1-17(2,3)13-8-12(9-14(15(13)23)18(4,5)6)16(24)20-19(7,10-21)11-22/h8-9,21-23H,10-11H2,1-7H3,(H,20,24). The minimum Gasteiger partial charge on any atom is -0.507 e. The molecule has 0 aliphatic rings. The predicted molar refractivity (Wildman–Crippen MR) is 95.5 cm³/mol. The number of carbonyl (C=O) groups excluding carboxylic acids is 1. The number of aliphatic hydroxyl groups excluding tert-OH is 2. The van der Waals surface area contributed by atoms with Gasteiger partial charge in [0.2, 0.25) is 0 Å². The zero-order valence-corrected chi connectivity index (χ0v) is 15.8. The summed E-state index contributed by atoms with van der Waals surface area (Å²) in [5.74, 6) is -0.185. The van der Waals surface area contributed by atoms with Crippen molar-refractivity contribution in [3.8, 4) is 5.75 Å². The van der Waals surface area contributed by atoms with E-state index in [0.717, 1.165) is 0 Å². The zero-order chi connectivity index (χ0) is 18.9. The second-order valence-electron chi connectivity index (χ2n) is 8.75. The molecule has 0 radical (unpaired) electrons. The van der Waals surface area contributed by atoms with Crippen molar-refractivity contribution in [3.05, 3.63) is 28.8 Å². The third-order valence-corrected chi connectivity index (χ3v) is 4.10. The van der Waals surface area contributed by atoms with Crippen LogP contribution in [0.2, 0.25) is 0 Å². The molecule has 136 valence electrons. The Morgan fingerprint density at radius 3 is 1.58 bits per heavy atom. The first kappa shape index (κ1) is 20.5. The van der Waals surface area contributed by atoms with Crippen LogP contribution >= 0.6 is 0 Å². The Bertz CT molecular complexity index is 570. The summed E-state index contributed by atoms with van der Waals surface area (Å²) >= 11 is 0. The van der Waals surface area contributed by atoms with Gasteiger partial charge in [0.15, 0.2) is 0 Å². The van der Waals surface area contributed by atoms with E-state index < -0.39 is 11.4 Å². The maximum atomic E-state index is 12.6. The van der Waals surface area contributed by atoms with Crippen molar-refractivity contribution in [3.63, 3.8) is 0 Å². The van der Waals surface area contributed by atoms with Gasteiger partial charge in [0.1, 0.15) is 5.75 Å². The molecule has 1 rings (SSSR count). The van der Waals surface area contributed by atoms with Gasteiger partial charge in [-0.15, -0.1) is 0 Å². The van der Waals surface area contributed by atoms with Gasteiger partial charge in [0.05, 0.1) is 18.8 Å². The van der Waals surface area contributed by atoms with Crippen molar-refractivity contribution < 1.29 is 20.1 Å². The number of rotatable bonds is 4. The summed E-state index contributed by atoms with van der Waals surface area (Å²) in [6, 6.07) is 3.35. The van der Waals surface area contributed by atoms with E-state index in [1.54, 1.807) is 19.1 Å². The lowest BCUT2D eigenvalue weighted by Crippen LogP contribution is -2.51. The molecule has 0 unspecified atom stereocenters. The first-order valence-electron chi connectivity index (χ1n) is 8.17. The molecular formula is C19H31NO4. The summed E-state index contributed by atoms with van der Waals surface area (Å²) in [4.78, 5) is 12.6. The van der Waals surface area contributed by atoms with Gasteiger partial charge in [-0.2, -0.15) is 0 Å². The molecule has 24 heavy (non-hydrogen) atoms. The first-order chi connectivity index (χ1) is 10.7. The molecule has 0 fully saturated rings. The lowest BCUT2D eigenvalue weighted by molar-refractivity contribution is 0.0723. The van der Waals surface area contributed by atoms with Crippen molar-refractivity contribution in [1.82, 2.24) is 5.32 Å². The number of benzene rings is 1. The molecular weight excluding hydrogens is 306 g/mol. The number of aromatic hydroxyl groups is 1. The van der Waals surface area contributed by atoms with Gasteiger partial charge in [0.25, 0.3) is 5.91 Å². The van der Waals surface area contributed by atoms with E-state index in [1.807, 2.05) is 41.5 Å². The van der Waals surface area contributed by atoms with Crippen molar-refractivity contribution in [2.24, 2.45) is 0 Å². The van der Waals surface area contributed by atoms with Crippen molar-refractivity contribution in [1.29, 1.82) is 0 Å². The number of carbonyl (C=O) groups is 1. The molecule has 5 nitrogen and oxygen atoms in total. The smallest absolute Gasteiger partial charge is 0.251 e. The highest BCUT2D eigenvalue weighted by Crippen LogP contribution is 2.39. The average Bonchev–Trinajstić information content (AvgIpc) is 2.44. The molecule has 0 atom stereocenters. The Hall–Kier alpha value is -1.59. The molecule has 0 heterocycles. The number of phenolic OH excluding ortho intramolecular Hbond substituents is 1. The van der Waals surface area contributed by atoms with Gasteiger partial charge in [-0.25, -0.2) is 0 Å². The Morgan fingerprint density at radius 1 is 0.917 bits per heavy atom. The van der Waals surface area contributed by atoms with Crippen LogP contribution in [0.3, 0.4) is 0 Å². The molecule has 5 heteroatoms. The number of phenols is 1. The molecule has 0 aliphatic carbocycles. The van der Waals surface area contributed by atoms with Crippen LogP contribution < -0.4 is 5.32 Å². The summed E-state index contributed by atoms with van der Waals surface area (Å²) < 4.78 is 0. The third-order valence-electron chi connectivity index (χ3n) is 4.10. The summed E-state index contributed by atoms with van der Waals surface area (Å²) in [7, 11) is 0. The molecule has 0 aliphatic heterocycles. The van der Waals surface area contributed by atoms with E-state index in [-0.39, 0.29) is 29.8 Å². The fraction of sp³-hybridized carbons (Fsp3) is 0.632. The molecule has 0 bridgehead atoms. The van der Waals surface area contributed by atoms with Gasteiger partial charge in [0, 0.05) is 16.7 Å². The Morgan fingerprint density at radius 2 is 1.29 bits per heavy atom. The van der Waals surface area contributed by atoms with Crippen LogP contribution in [0, 0.1) is 0 Å². The highest BCUT2D eigenvalue weighted by atomic mass is 16.3. The van der Waals surface area contributed by atoms with E-state index in [0.29, 0.717) is 16.7 Å². The van der Waals surface area contributed by atoms with Gasteiger partial charge in [-0.3, -0.25) is 4.79 Å². The number of hydrogen-bond acceptors (Lipinski definition) is 4. The van der Waals surface area contributed by atoms with E-state index >= 15 is 0 Å². The summed E-state index contributed by atoms with van der Waals surface area (Å²) in [5, 5.41) is 32.1. The highest BCUT2D eigenvalue weighted by molar-refractivity contribution is 5.95. The molecule has 1 amide bonds. The minimum absolute atomic E-state index is 0.207. The van der Waals surface area contributed by atoms with Gasteiger partial charge in [-0.1, -0.05) is 41.5 Å². The lowest BCUT2D eigenvalue weighted by atomic mass is 9.78. The first-order valence-corrected chi connectivity index (χ1v) is 8.17. The predicted octanol–water partition coefficient (Wildman–Crippen LogP) is 2.46. The maximum absolute atomic E-state index is 12.6. The van der Waals surface area contributed by atoms with E-state index in [9.17, 15) is 20.1 Å². The van der Waals surface area contributed by atoms with Crippen LogP contribution in [0.5, 0.6) is 5.75 Å². The minimum atomic E-state index is -1.10. The summed E-state index contributed by atoms with van der Waals surface area (Å²) in [5.41, 5.74) is 0.00827. The SMILES string of the molecule is CC(CO)(CO)NC(=O)c1cc(C(C)(C)C)c(O)c(C(C)(C)C)c1. The molecule has 4 N–H and O–H groups in total. The van der Waals surface area contributed by atoms with E-state index in [4.69, 9.17) is 0 Å². The van der Waals surface area contributed by atoms with Gasteiger partial charge in [-0.05, 0) is 29.9 Å². The Balaban J connectivity index is 3.47. The van der Waals surface area contributed by atoms with Crippen LogP contribution in [0.25, 0.3) is 0 Å². The van der Waals surface area contributed by atoms with Crippen LogP contribution in [-0.2, 0) is 10.8 Å².